The molecule has 0 spiro atoms. The van der Waals surface area contributed by atoms with Crippen LogP contribution in [0.5, 0.6) is 0 Å². The maximum absolute atomic E-state index is 12.2. The third kappa shape index (κ3) is 3.42. The molecule has 23 heavy (non-hydrogen) atoms. The van der Waals surface area contributed by atoms with Crippen molar-refractivity contribution in [2.45, 2.75) is 32.9 Å². The lowest BCUT2D eigenvalue weighted by molar-refractivity contribution is -0.122. The normalized spacial score (nSPS) is 17.5. The molecule has 1 fully saturated rings. The van der Waals surface area contributed by atoms with E-state index >= 15 is 0 Å². The molecule has 1 N–H and O–H groups in total. The first kappa shape index (κ1) is 15.7. The van der Waals surface area contributed by atoms with Crippen LogP contribution in [0.1, 0.15) is 17.7 Å². The molecule has 1 saturated heterocycles. The van der Waals surface area contributed by atoms with Crippen LogP contribution in [0, 0.1) is 13.8 Å². The van der Waals surface area contributed by atoms with Gasteiger partial charge in [-0.15, -0.1) is 11.3 Å². The monoisotopic (exact) mass is 333 g/mol. The number of nitrogens with one attached hydrogen (secondary N) is 1. The highest BCUT2D eigenvalue weighted by atomic mass is 32.1. The minimum Gasteiger partial charge on any atom is -0.350 e. The van der Waals surface area contributed by atoms with Gasteiger partial charge in [-0.1, -0.05) is 0 Å². The van der Waals surface area contributed by atoms with Gasteiger partial charge in [0.15, 0.2) is 5.13 Å². The Morgan fingerprint density at radius 2 is 2.26 bits per heavy atom. The zero-order valence-corrected chi connectivity index (χ0v) is 14.0. The summed E-state index contributed by atoms with van der Waals surface area (Å²) >= 11 is 1.60. The molecule has 1 amide bonds. The highest BCUT2D eigenvalue weighted by molar-refractivity contribution is 7.13. The van der Waals surface area contributed by atoms with Gasteiger partial charge in [-0.05, 0) is 20.3 Å². The molecule has 3 rings (SSSR count). The zero-order valence-electron chi connectivity index (χ0n) is 13.2. The molecule has 2 aromatic heterocycles. The second kappa shape index (κ2) is 6.49. The van der Waals surface area contributed by atoms with Gasteiger partial charge in [0, 0.05) is 42.0 Å². The molecular weight excluding hydrogens is 314 g/mol. The van der Waals surface area contributed by atoms with Crippen molar-refractivity contribution in [3.63, 3.8) is 0 Å². The van der Waals surface area contributed by atoms with Crippen LogP contribution in [-0.4, -0.2) is 39.6 Å². The Balaban J connectivity index is 1.58. The standard InChI is InChI=1S/C15H19N5O2S/c1-10-11(2)17-9-20(14(10)22)8-13(21)18-12-3-5-19(7-12)15-16-4-6-23-15/h4,6,9,12H,3,5,7-8H2,1-2H3,(H,18,21). The summed E-state index contributed by atoms with van der Waals surface area (Å²) in [6, 6.07) is 0.0848. The Morgan fingerprint density at radius 1 is 1.43 bits per heavy atom. The molecule has 0 bridgehead atoms. The molecule has 122 valence electrons. The van der Waals surface area contributed by atoms with Gasteiger partial charge in [-0.25, -0.2) is 9.97 Å². The zero-order chi connectivity index (χ0) is 16.4. The van der Waals surface area contributed by atoms with E-state index in [0.29, 0.717) is 11.3 Å². The summed E-state index contributed by atoms with van der Waals surface area (Å²) in [6.07, 6.45) is 4.09. The van der Waals surface area contributed by atoms with E-state index in [1.807, 2.05) is 5.38 Å². The summed E-state index contributed by atoms with van der Waals surface area (Å²) in [6.45, 7) is 5.14. The van der Waals surface area contributed by atoms with Gasteiger partial charge < -0.3 is 10.2 Å². The molecule has 8 heteroatoms. The van der Waals surface area contributed by atoms with E-state index in [4.69, 9.17) is 0 Å². The maximum Gasteiger partial charge on any atom is 0.256 e. The third-order valence-corrected chi connectivity index (χ3v) is 4.90. The first-order valence-electron chi connectivity index (χ1n) is 7.51. The fourth-order valence-corrected chi connectivity index (χ4v) is 3.32. The first-order chi connectivity index (χ1) is 11.0. The van der Waals surface area contributed by atoms with Crippen LogP contribution >= 0.6 is 11.3 Å². The molecule has 1 atom stereocenters. The van der Waals surface area contributed by atoms with Crippen molar-refractivity contribution in [1.29, 1.82) is 0 Å². The topological polar surface area (TPSA) is 80.1 Å². The SMILES string of the molecule is Cc1ncn(CC(=O)NC2CCN(c3nccs3)C2)c(=O)c1C. The van der Waals surface area contributed by atoms with Gasteiger partial charge in [-0.2, -0.15) is 0 Å². The van der Waals surface area contributed by atoms with E-state index in [9.17, 15) is 9.59 Å². The average molecular weight is 333 g/mol. The number of anilines is 1. The van der Waals surface area contributed by atoms with E-state index in [-0.39, 0.29) is 24.1 Å². The maximum atomic E-state index is 12.2. The lowest BCUT2D eigenvalue weighted by Gasteiger charge is -2.16. The first-order valence-corrected chi connectivity index (χ1v) is 8.39. The van der Waals surface area contributed by atoms with Crippen LogP contribution in [0.2, 0.25) is 0 Å². The van der Waals surface area contributed by atoms with Crippen molar-refractivity contribution in [2.75, 3.05) is 18.0 Å². The minimum absolute atomic E-state index is 0.000700. The highest BCUT2D eigenvalue weighted by Gasteiger charge is 2.25. The number of thiazole rings is 1. The van der Waals surface area contributed by atoms with E-state index in [0.717, 1.165) is 24.6 Å². The molecule has 0 aliphatic carbocycles. The largest absolute Gasteiger partial charge is 0.350 e. The van der Waals surface area contributed by atoms with Gasteiger partial charge in [0.25, 0.3) is 5.56 Å². The Kier molecular flexibility index (Phi) is 4.42. The molecule has 0 aromatic carbocycles. The molecule has 3 heterocycles. The number of aromatic nitrogens is 3. The Labute approximate surface area is 138 Å². The predicted octanol–water partition coefficient (Wildman–Crippen LogP) is 0.712. The Hall–Kier alpha value is -2.22. The van der Waals surface area contributed by atoms with E-state index < -0.39 is 0 Å². The van der Waals surface area contributed by atoms with Crippen molar-refractivity contribution in [2.24, 2.45) is 0 Å². The lowest BCUT2D eigenvalue weighted by atomic mass is 10.2. The fraction of sp³-hybridized carbons (Fsp3) is 0.467. The smallest absolute Gasteiger partial charge is 0.256 e. The van der Waals surface area contributed by atoms with Gasteiger partial charge in [0.2, 0.25) is 5.91 Å². The molecule has 1 unspecified atom stereocenters. The van der Waals surface area contributed by atoms with Gasteiger partial charge >= 0.3 is 0 Å². The Bertz CT molecular complexity index is 756. The van der Waals surface area contributed by atoms with Gasteiger partial charge in [-0.3, -0.25) is 14.2 Å². The molecule has 0 radical (unpaired) electrons. The number of aryl methyl sites for hydroxylation is 1. The summed E-state index contributed by atoms with van der Waals surface area (Å²) in [4.78, 5) is 34.9. The second-order valence-corrected chi connectivity index (χ2v) is 6.57. The van der Waals surface area contributed by atoms with E-state index in [2.05, 4.69) is 20.2 Å². The highest BCUT2D eigenvalue weighted by Crippen LogP contribution is 2.22. The van der Waals surface area contributed by atoms with Crippen LogP contribution in [0.4, 0.5) is 5.13 Å². The number of carbonyl (C=O) groups excluding carboxylic acids is 1. The summed E-state index contributed by atoms with van der Waals surface area (Å²) in [7, 11) is 0. The van der Waals surface area contributed by atoms with Crippen LogP contribution in [0.25, 0.3) is 0 Å². The summed E-state index contributed by atoms with van der Waals surface area (Å²) in [5.74, 6) is -0.164. The molecule has 2 aromatic rings. The van der Waals surface area contributed by atoms with Crippen LogP contribution in [0.3, 0.4) is 0 Å². The van der Waals surface area contributed by atoms with Crippen molar-refractivity contribution in [1.82, 2.24) is 19.9 Å². The molecular formula is C15H19N5O2S. The number of rotatable bonds is 4. The minimum atomic E-state index is -0.164. The molecule has 7 nitrogen and oxygen atoms in total. The van der Waals surface area contributed by atoms with E-state index in [1.54, 1.807) is 31.4 Å². The number of hydrogen-bond donors (Lipinski definition) is 1. The summed E-state index contributed by atoms with van der Waals surface area (Å²) in [5.41, 5.74) is 1.11. The number of nitrogens with zero attached hydrogens (tertiary/aromatic N) is 4. The third-order valence-electron chi connectivity index (χ3n) is 4.07. The average Bonchev–Trinajstić information content (AvgIpc) is 3.19. The van der Waals surface area contributed by atoms with Crippen molar-refractivity contribution in [3.8, 4) is 0 Å². The Morgan fingerprint density at radius 3 is 3.00 bits per heavy atom. The fourth-order valence-electron chi connectivity index (χ4n) is 2.64. The van der Waals surface area contributed by atoms with Crippen molar-refractivity contribution in [3.05, 3.63) is 39.5 Å². The molecule has 0 saturated carbocycles. The number of amides is 1. The molecule has 1 aliphatic heterocycles. The van der Waals surface area contributed by atoms with Crippen LogP contribution in [0.15, 0.2) is 22.7 Å². The van der Waals surface area contributed by atoms with Crippen molar-refractivity contribution >= 4 is 22.4 Å². The number of hydrogen-bond acceptors (Lipinski definition) is 6. The van der Waals surface area contributed by atoms with Crippen molar-refractivity contribution < 1.29 is 4.79 Å². The van der Waals surface area contributed by atoms with E-state index in [1.165, 1.54) is 10.9 Å². The predicted molar refractivity (Wildman–Crippen MR) is 88.8 cm³/mol. The quantitative estimate of drug-likeness (QED) is 0.891. The summed E-state index contributed by atoms with van der Waals surface area (Å²) in [5, 5.41) is 5.92. The van der Waals surface area contributed by atoms with Gasteiger partial charge in [0.05, 0.1) is 6.33 Å². The second-order valence-electron chi connectivity index (χ2n) is 5.70. The van der Waals surface area contributed by atoms with Gasteiger partial charge in [0.1, 0.15) is 6.54 Å². The van der Waals surface area contributed by atoms with Crippen LogP contribution < -0.4 is 15.8 Å². The number of carbonyl (C=O) groups is 1. The van der Waals surface area contributed by atoms with Crippen LogP contribution in [-0.2, 0) is 11.3 Å². The molecule has 1 aliphatic rings. The lowest BCUT2D eigenvalue weighted by Crippen LogP contribution is -2.40. The summed E-state index contributed by atoms with van der Waals surface area (Å²) < 4.78 is 1.35.